The zero-order valence-corrected chi connectivity index (χ0v) is 19.6. The molecule has 1 amide bonds. The number of ether oxygens (including phenoxy) is 1. The van der Waals surface area contributed by atoms with Crippen molar-refractivity contribution in [3.05, 3.63) is 102 Å². The monoisotopic (exact) mass is 468 g/mol. The average Bonchev–Trinajstić information content (AvgIpc) is 3.32. The van der Waals surface area contributed by atoms with Crippen molar-refractivity contribution < 1.29 is 9.53 Å². The first-order chi connectivity index (χ1) is 16.6. The van der Waals surface area contributed by atoms with Crippen molar-refractivity contribution in [2.45, 2.75) is 25.1 Å². The van der Waals surface area contributed by atoms with Crippen LogP contribution < -0.4 is 10.1 Å². The fraction of sp³-hybridized carbons (Fsp3) is 0.148. The molecule has 34 heavy (non-hydrogen) atoms. The number of aromatic nitrogens is 2. The molecule has 0 aliphatic heterocycles. The predicted molar refractivity (Wildman–Crippen MR) is 134 cm³/mol. The number of amides is 1. The third-order valence-corrected chi connectivity index (χ3v) is 6.17. The van der Waals surface area contributed by atoms with E-state index in [0.29, 0.717) is 18.8 Å². The van der Waals surface area contributed by atoms with Crippen LogP contribution in [0.25, 0.3) is 5.69 Å². The van der Waals surface area contributed by atoms with Crippen LogP contribution in [0.3, 0.4) is 0 Å². The lowest BCUT2D eigenvalue weighted by Crippen LogP contribution is -2.16. The van der Waals surface area contributed by atoms with Gasteiger partial charge in [0, 0.05) is 23.6 Å². The minimum atomic E-state index is -0.113. The summed E-state index contributed by atoms with van der Waals surface area (Å²) in [6.45, 7) is 2.37. The molecule has 3 aromatic carbocycles. The van der Waals surface area contributed by atoms with E-state index in [9.17, 15) is 4.79 Å². The Balaban J connectivity index is 1.36. The molecule has 1 aromatic heterocycles. The van der Waals surface area contributed by atoms with Crippen molar-refractivity contribution in [3.63, 3.8) is 0 Å². The lowest BCUT2D eigenvalue weighted by molar-refractivity contribution is -0.113. The SMILES string of the molecule is Cc1ccccc1-n1ccnc1SCC(=O)Nc1ccccc1COc1ccc(CC#N)cc1. The molecule has 0 spiro atoms. The standard InChI is InChI=1S/C27H24N4O2S/c1-20-6-2-5-9-25(20)31-17-16-29-27(31)34-19-26(32)30-24-8-4-3-7-22(24)18-33-23-12-10-21(11-13-23)14-15-28/h2-13,16-17H,14,18-19H2,1H3,(H,30,32). The zero-order valence-electron chi connectivity index (χ0n) is 18.8. The van der Waals surface area contributed by atoms with Crippen molar-refractivity contribution in [1.82, 2.24) is 9.55 Å². The molecule has 6 nitrogen and oxygen atoms in total. The summed E-state index contributed by atoms with van der Waals surface area (Å²) >= 11 is 1.39. The van der Waals surface area contributed by atoms with E-state index in [2.05, 4.69) is 29.4 Å². The van der Waals surface area contributed by atoms with E-state index in [-0.39, 0.29) is 11.7 Å². The van der Waals surface area contributed by atoms with E-state index >= 15 is 0 Å². The Bertz CT molecular complexity index is 1310. The Morgan fingerprint density at radius 1 is 1.09 bits per heavy atom. The van der Waals surface area contributed by atoms with Gasteiger partial charge in [0.1, 0.15) is 12.4 Å². The van der Waals surface area contributed by atoms with Gasteiger partial charge in [0.05, 0.1) is 23.9 Å². The zero-order chi connectivity index (χ0) is 23.8. The summed E-state index contributed by atoms with van der Waals surface area (Å²) in [5.74, 6) is 0.831. The lowest BCUT2D eigenvalue weighted by atomic mass is 10.1. The van der Waals surface area contributed by atoms with Gasteiger partial charge in [-0.3, -0.25) is 9.36 Å². The minimum Gasteiger partial charge on any atom is -0.489 e. The number of carbonyl (C=O) groups excluding carboxylic acids is 1. The number of hydrogen-bond acceptors (Lipinski definition) is 5. The van der Waals surface area contributed by atoms with Crippen LogP contribution in [0.5, 0.6) is 5.75 Å². The normalized spacial score (nSPS) is 10.5. The van der Waals surface area contributed by atoms with Gasteiger partial charge in [-0.25, -0.2) is 4.98 Å². The number of anilines is 1. The van der Waals surface area contributed by atoms with Gasteiger partial charge in [-0.1, -0.05) is 60.3 Å². The molecule has 0 atom stereocenters. The van der Waals surface area contributed by atoms with Crippen LogP contribution in [-0.4, -0.2) is 21.2 Å². The highest BCUT2D eigenvalue weighted by atomic mass is 32.2. The molecule has 1 N–H and O–H groups in total. The second-order valence-electron chi connectivity index (χ2n) is 7.63. The molecular formula is C27H24N4O2S. The van der Waals surface area contributed by atoms with Crippen LogP contribution >= 0.6 is 11.8 Å². The third kappa shape index (κ3) is 5.85. The molecule has 0 saturated heterocycles. The summed E-state index contributed by atoms with van der Waals surface area (Å²) in [5.41, 5.74) is 4.73. The molecule has 0 aliphatic carbocycles. The number of para-hydroxylation sites is 2. The number of hydrogen-bond donors (Lipinski definition) is 1. The number of thioether (sulfide) groups is 1. The van der Waals surface area contributed by atoms with Gasteiger partial charge in [-0.05, 0) is 42.3 Å². The van der Waals surface area contributed by atoms with Crippen LogP contribution in [0.4, 0.5) is 5.69 Å². The average molecular weight is 469 g/mol. The summed E-state index contributed by atoms with van der Waals surface area (Å²) in [5, 5.41) is 12.5. The summed E-state index contributed by atoms with van der Waals surface area (Å²) in [6, 6.07) is 25.3. The molecular weight excluding hydrogens is 444 g/mol. The maximum Gasteiger partial charge on any atom is 0.234 e. The molecule has 0 unspecified atom stereocenters. The number of benzene rings is 3. The first-order valence-corrected chi connectivity index (χ1v) is 11.8. The Labute approximate surface area is 203 Å². The van der Waals surface area contributed by atoms with Crippen molar-refractivity contribution in [2.24, 2.45) is 0 Å². The Morgan fingerprint density at radius 2 is 1.85 bits per heavy atom. The number of nitrogens with one attached hydrogen (secondary N) is 1. The number of imidazole rings is 1. The molecule has 170 valence electrons. The van der Waals surface area contributed by atoms with Crippen LogP contribution in [0.2, 0.25) is 0 Å². The number of nitrogens with zero attached hydrogens (tertiary/aromatic N) is 3. The van der Waals surface area contributed by atoms with E-state index in [1.807, 2.05) is 77.5 Å². The Morgan fingerprint density at radius 3 is 2.65 bits per heavy atom. The fourth-order valence-electron chi connectivity index (χ4n) is 3.45. The summed E-state index contributed by atoms with van der Waals surface area (Å²) < 4.78 is 7.89. The van der Waals surface area contributed by atoms with Gasteiger partial charge in [-0.2, -0.15) is 5.26 Å². The molecule has 4 aromatic rings. The topological polar surface area (TPSA) is 79.9 Å². The van der Waals surface area contributed by atoms with Crippen molar-refractivity contribution in [2.75, 3.05) is 11.1 Å². The number of nitriles is 1. The van der Waals surface area contributed by atoms with Crippen molar-refractivity contribution in [3.8, 4) is 17.5 Å². The van der Waals surface area contributed by atoms with Gasteiger partial charge in [0.2, 0.25) is 5.91 Å². The quantitative estimate of drug-likeness (QED) is 0.326. The van der Waals surface area contributed by atoms with E-state index in [1.54, 1.807) is 6.20 Å². The third-order valence-electron chi connectivity index (χ3n) is 5.21. The van der Waals surface area contributed by atoms with E-state index in [0.717, 1.165) is 33.2 Å². The largest absolute Gasteiger partial charge is 0.489 e. The number of carbonyl (C=O) groups is 1. The maximum absolute atomic E-state index is 12.7. The lowest BCUT2D eigenvalue weighted by Gasteiger charge is -2.13. The van der Waals surface area contributed by atoms with Crippen molar-refractivity contribution in [1.29, 1.82) is 5.26 Å². The molecule has 4 rings (SSSR count). The second-order valence-corrected chi connectivity index (χ2v) is 8.57. The molecule has 0 fully saturated rings. The second kappa shape index (κ2) is 11.2. The molecule has 0 bridgehead atoms. The van der Waals surface area contributed by atoms with Gasteiger partial charge in [0.25, 0.3) is 0 Å². The molecule has 0 radical (unpaired) electrons. The molecule has 0 saturated carbocycles. The summed E-state index contributed by atoms with van der Waals surface area (Å²) in [6.07, 6.45) is 4.02. The van der Waals surface area contributed by atoms with Crippen molar-refractivity contribution >= 4 is 23.4 Å². The number of rotatable bonds is 9. The molecule has 1 heterocycles. The summed E-state index contributed by atoms with van der Waals surface area (Å²) in [4.78, 5) is 17.1. The Hall–Kier alpha value is -4.02. The maximum atomic E-state index is 12.7. The van der Waals surface area contributed by atoms with E-state index in [1.165, 1.54) is 11.8 Å². The van der Waals surface area contributed by atoms with Crippen LogP contribution in [0, 0.1) is 18.3 Å². The van der Waals surface area contributed by atoms with E-state index < -0.39 is 0 Å². The number of aryl methyl sites for hydroxylation is 1. The van der Waals surface area contributed by atoms with Crippen LogP contribution in [0.1, 0.15) is 16.7 Å². The Kier molecular flexibility index (Phi) is 7.63. The van der Waals surface area contributed by atoms with Gasteiger partial charge in [0.15, 0.2) is 5.16 Å². The minimum absolute atomic E-state index is 0.113. The van der Waals surface area contributed by atoms with Crippen LogP contribution in [-0.2, 0) is 17.8 Å². The van der Waals surface area contributed by atoms with Crippen LogP contribution in [0.15, 0.2) is 90.3 Å². The van der Waals surface area contributed by atoms with E-state index in [4.69, 9.17) is 10.00 Å². The van der Waals surface area contributed by atoms with Gasteiger partial charge in [-0.15, -0.1) is 0 Å². The molecule has 7 heteroatoms. The predicted octanol–water partition coefficient (Wildman–Crippen LogP) is 5.56. The highest BCUT2D eigenvalue weighted by Gasteiger charge is 2.12. The first-order valence-electron chi connectivity index (χ1n) is 10.8. The van der Waals surface area contributed by atoms with Gasteiger partial charge >= 0.3 is 0 Å². The molecule has 0 aliphatic rings. The highest BCUT2D eigenvalue weighted by Crippen LogP contribution is 2.24. The smallest absolute Gasteiger partial charge is 0.234 e. The first kappa shape index (κ1) is 23.1. The summed E-state index contributed by atoms with van der Waals surface area (Å²) in [7, 11) is 0. The fourth-order valence-corrected chi connectivity index (χ4v) is 4.22. The highest BCUT2D eigenvalue weighted by molar-refractivity contribution is 7.99. The van der Waals surface area contributed by atoms with Gasteiger partial charge < -0.3 is 10.1 Å².